The van der Waals surface area contributed by atoms with Gasteiger partial charge >= 0.3 is 0 Å². The minimum Gasteiger partial charge on any atom is -0.496 e. The highest BCUT2D eigenvalue weighted by atomic mass is 79.9. The van der Waals surface area contributed by atoms with Crippen molar-refractivity contribution in [2.75, 3.05) is 7.11 Å². The molecule has 4 rings (SSSR count). The van der Waals surface area contributed by atoms with Crippen LogP contribution in [0.5, 0.6) is 5.75 Å². The van der Waals surface area contributed by atoms with E-state index in [-0.39, 0.29) is 11.0 Å². The minimum atomic E-state index is -0.338. The van der Waals surface area contributed by atoms with Crippen molar-refractivity contribution in [2.45, 2.75) is 6.54 Å². The average molecular weight is 495 g/mol. The van der Waals surface area contributed by atoms with Gasteiger partial charge in [-0.15, -0.1) is 0 Å². The Morgan fingerprint density at radius 2 is 1.74 bits per heavy atom. The molecular weight excluding hydrogens is 476 g/mol. The summed E-state index contributed by atoms with van der Waals surface area (Å²) < 4.78 is 12.3. The zero-order valence-electron chi connectivity index (χ0n) is 16.6. The monoisotopic (exact) mass is 494 g/mol. The Balaban J connectivity index is 1.40. The number of thiocarbonyl (C=S) groups is 1. The number of nitrogens with one attached hydrogen (secondary N) is 2. The first-order chi connectivity index (χ1) is 15.0. The number of halogens is 1. The summed E-state index contributed by atoms with van der Waals surface area (Å²) in [5, 5.41) is 7.86. The summed E-state index contributed by atoms with van der Waals surface area (Å²) in [5.74, 6) is 1.62. The van der Waals surface area contributed by atoms with Crippen LogP contribution in [0.25, 0.3) is 22.1 Å². The van der Waals surface area contributed by atoms with E-state index in [2.05, 4.69) is 26.6 Å². The SMILES string of the molecule is COc1cc2ccccc2cc1C(=O)NC(=S)NCc1ccc(-c2ccc(Br)cc2)o1. The van der Waals surface area contributed by atoms with Crippen LogP contribution in [-0.2, 0) is 6.54 Å². The van der Waals surface area contributed by atoms with Gasteiger partial charge in [0.25, 0.3) is 5.91 Å². The molecule has 0 radical (unpaired) electrons. The molecule has 2 N–H and O–H groups in total. The van der Waals surface area contributed by atoms with E-state index in [4.69, 9.17) is 21.4 Å². The van der Waals surface area contributed by atoms with Gasteiger partial charge in [0.1, 0.15) is 17.3 Å². The highest BCUT2D eigenvalue weighted by Gasteiger charge is 2.15. The molecule has 0 spiro atoms. The number of carbonyl (C=O) groups excluding carboxylic acids is 1. The number of fused-ring (bicyclic) bond motifs is 1. The smallest absolute Gasteiger partial charge is 0.261 e. The van der Waals surface area contributed by atoms with Crippen LogP contribution in [0.2, 0.25) is 0 Å². The number of furan rings is 1. The lowest BCUT2D eigenvalue weighted by atomic mass is 10.1. The Hall–Kier alpha value is -3.16. The molecule has 0 bridgehead atoms. The van der Waals surface area contributed by atoms with Gasteiger partial charge in [-0.05, 0) is 59.4 Å². The van der Waals surface area contributed by atoms with Crippen molar-refractivity contribution in [1.82, 2.24) is 10.6 Å². The molecule has 1 aromatic heterocycles. The molecule has 1 amide bonds. The molecule has 156 valence electrons. The van der Waals surface area contributed by atoms with Crippen molar-refractivity contribution in [1.29, 1.82) is 0 Å². The summed E-state index contributed by atoms with van der Waals surface area (Å²) in [6.45, 7) is 0.352. The second kappa shape index (κ2) is 9.32. The molecule has 4 aromatic rings. The van der Waals surface area contributed by atoms with E-state index in [0.29, 0.717) is 23.6 Å². The van der Waals surface area contributed by atoms with E-state index in [1.165, 1.54) is 7.11 Å². The van der Waals surface area contributed by atoms with Crippen molar-refractivity contribution >= 4 is 49.9 Å². The van der Waals surface area contributed by atoms with Crippen molar-refractivity contribution < 1.29 is 13.9 Å². The van der Waals surface area contributed by atoms with E-state index >= 15 is 0 Å². The first-order valence-electron chi connectivity index (χ1n) is 9.54. The van der Waals surface area contributed by atoms with Crippen LogP contribution in [0.3, 0.4) is 0 Å². The first-order valence-corrected chi connectivity index (χ1v) is 10.7. The van der Waals surface area contributed by atoms with Crippen molar-refractivity contribution in [3.63, 3.8) is 0 Å². The summed E-state index contributed by atoms with van der Waals surface area (Å²) in [6.07, 6.45) is 0. The van der Waals surface area contributed by atoms with Crippen LogP contribution in [0, 0.1) is 0 Å². The molecule has 3 aromatic carbocycles. The standard InChI is InChI=1S/C24H19BrN2O3S/c1-29-22-13-17-5-3-2-4-16(17)12-20(22)23(28)27-24(31)26-14-19-10-11-21(30-19)15-6-8-18(25)9-7-15/h2-13H,14H2,1H3,(H2,26,27,28,31). The predicted molar refractivity (Wildman–Crippen MR) is 129 cm³/mol. The van der Waals surface area contributed by atoms with Gasteiger partial charge in [0.05, 0.1) is 19.2 Å². The van der Waals surface area contributed by atoms with Gasteiger partial charge < -0.3 is 14.5 Å². The number of rotatable bonds is 5. The average Bonchev–Trinajstić information content (AvgIpc) is 3.26. The predicted octanol–water partition coefficient (Wildman–Crippen LogP) is 5.68. The van der Waals surface area contributed by atoms with Crippen LogP contribution in [-0.4, -0.2) is 18.1 Å². The normalized spacial score (nSPS) is 10.6. The Kier molecular flexibility index (Phi) is 6.34. The molecule has 0 saturated carbocycles. The Morgan fingerprint density at radius 3 is 2.45 bits per heavy atom. The van der Waals surface area contributed by atoms with Crippen LogP contribution in [0.1, 0.15) is 16.1 Å². The number of benzene rings is 3. The van der Waals surface area contributed by atoms with E-state index in [9.17, 15) is 4.79 Å². The Bertz CT molecular complexity index is 1250. The van der Waals surface area contributed by atoms with Gasteiger partial charge in [0.15, 0.2) is 5.11 Å². The molecule has 1 heterocycles. The maximum atomic E-state index is 12.8. The van der Waals surface area contributed by atoms with Crippen molar-refractivity contribution in [3.05, 3.63) is 88.6 Å². The quantitative estimate of drug-likeness (QED) is 0.349. The largest absolute Gasteiger partial charge is 0.496 e. The van der Waals surface area contributed by atoms with Gasteiger partial charge in [-0.1, -0.05) is 52.3 Å². The van der Waals surface area contributed by atoms with Gasteiger partial charge in [-0.3, -0.25) is 10.1 Å². The van der Waals surface area contributed by atoms with Crippen molar-refractivity contribution in [2.24, 2.45) is 0 Å². The fourth-order valence-corrected chi connectivity index (χ4v) is 3.62. The number of hydrogen-bond donors (Lipinski definition) is 2. The Labute approximate surface area is 193 Å². The fourth-order valence-electron chi connectivity index (χ4n) is 3.19. The van der Waals surface area contributed by atoms with E-state index in [1.54, 1.807) is 6.07 Å². The maximum absolute atomic E-state index is 12.8. The summed E-state index contributed by atoms with van der Waals surface area (Å²) in [5.41, 5.74) is 1.40. The lowest BCUT2D eigenvalue weighted by Gasteiger charge is -2.12. The molecule has 0 saturated heterocycles. The zero-order valence-corrected chi connectivity index (χ0v) is 19.0. The summed E-state index contributed by atoms with van der Waals surface area (Å²) in [4.78, 5) is 12.8. The van der Waals surface area contributed by atoms with Gasteiger partial charge in [0.2, 0.25) is 0 Å². The number of methoxy groups -OCH3 is 1. The molecule has 0 fully saturated rings. The molecule has 0 aliphatic carbocycles. The van der Waals surface area contributed by atoms with Gasteiger partial charge in [-0.25, -0.2) is 0 Å². The Morgan fingerprint density at radius 1 is 1.03 bits per heavy atom. The van der Waals surface area contributed by atoms with Crippen molar-refractivity contribution in [3.8, 4) is 17.1 Å². The summed E-state index contributed by atoms with van der Waals surface area (Å²) >= 11 is 8.71. The molecule has 0 aliphatic heterocycles. The van der Waals surface area contributed by atoms with Crippen LogP contribution >= 0.6 is 28.1 Å². The third-order valence-corrected chi connectivity index (χ3v) is 5.53. The highest BCUT2D eigenvalue weighted by Crippen LogP contribution is 2.26. The topological polar surface area (TPSA) is 63.5 Å². The highest BCUT2D eigenvalue weighted by molar-refractivity contribution is 9.10. The summed E-state index contributed by atoms with van der Waals surface area (Å²) in [7, 11) is 1.54. The number of amides is 1. The lowest BCUT2D eigenvalue weighted by Crippen LogP contribution is -2.38. The minimum absolute atomic E-state index is 0.210. The van der Waals surface area contributed by atoms with Crippen LogP contribution in [0.4, 0.5) is 0 Å². The third kappa shape index (κ3) is 4.95. The fraction of sp³-hybridized carbons (Fsp3) is 0.0833. The van der Waals surface area contributed by atoms with Crippen LogP contribution < -0.4 is 15.4 Å². The molecular formula is C24H19BrN2O3S. The first kappa shape index (κ1) is 21.1. The zero-order chi connectivity index (χ0) is 21.8. The van der Waals surface area contributed by atoms with E-state index in [1.807, 2.05) is 66.7 Å². The maximum Gasteiger partial charge on any atom is 0.261 e. The molecule has 0 atom stereocenters. The van der Waals surface area contributed by atoms with Gasteiger partial charge in [0, 0.05) is 10.0 Å². The second-order valence-electron chi connectivity index (χ2n) is 6.81. The van der Waals surface area contributed by atoms with E-state index in [0.717, 1.165) is 26.6 Å². The molecule has 7 heteroatoms. The molecule has 5 nitrogen and oxygen atoms in total. The second-order valence-corrected chi connectivity index (χ2v) is 8.13. The molecule has 0 unspecified atom stereocenters. The number of hydrogen-bond acceptors (Lipinski definition) is 4. The van der Waals surface area contributed by atoms with Crippen LogP contribution in [0.15, 0.2) is 81.7 Å². The third-order valence-electron chi connectivity index (χ3n) is 4.75. The lowest BCUT2D eigenvalue weighted by molar-refractivity contribution is 0.0973. The number of ether oxygens (including phenoxy) is 1. The van der Waals surface area contributed by atoms with Gasteiger partial charge in [-0.2, -0.15) is 0 Å². The number of carbonyl (C=O) groups is 1. The summed E-state index contributed by atoms with van der Waals surface area (Å²) in [6, 6.07) is 23.1. The molecule has 31 heavy (non-hydrogen) atoms. The molecule has 0 aliphatic rings. The van der Waals surface area contributed by atoms with E-state index < -0.39 is 0 Å².